The van der Waals surface area contributed by atoms with Crippen molar-refractivity contribution >= 4 is 0 Å². The Morgan fingerprint density at radius 3 is 3.11 bits per heavy atom. The number of nitrogens with two attached hydrogens (primary N) is 1. The molecule has 18 heavy (non-hydrogen) atoms. The molecule has 2 aromatic heterocycles. The second-order valence-corrected chi connectivity index (χ2v) is 4.68. The maximum absolute atomic E-state index is 5.89. The van der Waals surface area contributed by atoms with Gasteiger partial charge in [-0.2, -0.15) is 4.98 Å². The van der Waals surface area contributed by atoms with Crippen LogP contribution in [0.1, 0.15) is 55.6 Å². The largest absolute Gasteiger partial charge is 0.339 e. The molecule has 7 heteroatoms. The van der Waals surface area contributed by atoms with Crippen molar-refractivity contribution < 1.29 is 4.52 Å². The summed E-state index contributed by atoms with van der Waals surface area (Å²) < 4.78 is 6.88. The number of hydrogen-bond acceptors (Lipinski definition) is 6. The van der Waals surface area contributed by atoms with E-state index in [1.54, 1.807) is 4.68 Å². The van der Waals surface area contributed by atoms with Crippen LogP contribution in [-0.2, 0) is 6.54 Å². The Bertz CT molecular complexity index is 529. The SMILES string of the molecule is CCC(N)c1cn(Cc2noc(C3CC3)n2)nn1. The molecule has 2 heterocycles. The highest BCUT2D eigenvalue weighted by Gasteiger charge is 2.29. The van der Waals surface area contributed by atoms with E-state index >= 15 is 0 Å². The predicted molar refractivity (Wildman–Crippen MR) is 62.6 cm³/mol. The first kappa shape index (κ1) is 11.3. The molecule has 0 saturated heterocycles. The monoisotopic (exact) mass is 248 g/mol. The van der Waals surface area contributed by atoms with Crippen molar-refractivity contribution in [3.63, 3.8) is 0 Å². The number of nitrogens with zero attached hydrogens (tertiary/aromatic N) is 5. The molecule has 3 rings (SSSR count). The number of hydrogen-bond donors (Lipinski definition) is 1. The van der Waals surface area contributed by atoms with Crippen molar-refractivity contribution in [3.05, 3.63) is 23.6 Å². The summed E-state index contributed by atoms with van der Waals surface area (Å²) in [5.41, 5.74) is 6.68. The normalized spacial score (nSPS) is 17.0. The van der Waals surface area contributed by atoms with Gasteiger partial charge >= 0.3 is 0 Å². The highest BCUT2D eigenvalue weighted by atomic mass is 16.5. The van der Waals surface area contributed by atoms with Crippen molar-refractivity contribution in [2.45, 2.75) is 44.7 Å². The minimum Gasteiger partial charge on any atom is -0.339 e. The first-order valence-electron chi connectivity index (χ1n) is 6.24. The Morgan fingerprint density at radius 1 is 1.56 bits per heavy atom. The Morgan fingerprint density at radius 2 is 2.39 bits per heavy atom. The zero-order valence-electron chi connectivity index (χ0n) is 10.3. The van der Waals surface area contributed by atoms with Gasteiger partial charge in [0.1, 0.15) is 6.54 Å². The summed E-state index contributed by atoms with van der Waals surface area (Å²) in [4.78, 5) is 4.34. The van der Waals surface area contributed by atoms with Gasteiger partial charge in [0, 0.05) is 5.92 Å². The fourth-order valence-corrected chi connectivity index (χ4v) is 1.74. The van der Waals surface area contributed by atoms with E-state index in [9.17, 15) is 0 Å². The van der Waals surface area contributed by atoms with E-state index in [1.165, 1.54) is 0 Å². The van der Waals surface area contributed by atoms with E-state index in [4.69, 9.17) is 10.3 Å². The van der Waals surface area contributed by atoms with Gasteiger partial charge in [-0.05, 0) is 19.3 Å². The van der Waals surface area contributed by atoms with Crippen LogP contribution in [0, 0.1) is 0 Å². The molecule has 0 aliphatic heterocycles. The van der Waals surface area contributed by atoms with Gasteiger partial charge in [0.25, 0.3) is 0 Å². The summed E-state index contributed by atoms with van der Waals surface area (Å²) >= 11 is 0. The maximum Gasteiger partial charge on any atom is 0.229 e. The average Bonchev–Trinajstić information content (AvgIpc) is 2.96. The summed E-state index contributed by atoms with van der Waals surface area (Å²) in [5.74, 6) is 1.86. The standard InChI is InChI=1S/C11H16N6O/c1-2-8(12)9-5-17(16-14-9)6-10-13-11(18-15-10)7-3-4-7/h5,7-8H,2-4,6,12H2,1H3. The zero-order chi connectivity index (χ0) is 12.5. The van der Waals surface area contributed by atoms with Gasteiger partial charge < -0.3 is 10.3 Å². The molecular weight excluding hydrogens is 232 g/mol. The van der Waals surface area contributed by atoms with Gasteiger partial charge in [0.15, 0.2) is 5.82 Å². The van der Waals surface area contributed by atoms with Gasteiger partial charge in [0.05, 0.1) is 17.9 Å². The third-order valence-electron chi connectivity index (χ3n) is 3.09. The molecule has 0 bridgehead atoms. The summed E-state index contributed by atoms with van der Waals surface area (Å²) in [6, 6.07) is -0.0638. The molecule has 2 aromatic rings. The molecule has 1 unspecified atom stereocenters. The Hall–Kier alpha value is -1.76. The van der Waals surface area contributed by atoms with Crippen LogP contribution in [0.25, 0.3) is 0 Å². The molecule has 1 atom stereocenters. The van der Waals surface area contributed by atoms with Crippen LogP contribution in [0.5, 0.6) is 0 Å². The molecular formula is C11H16N6O. The van der Waals surface area contributed by atoms with E-state index in [-0.39, 0.29) is 6.04 Å². The van der Waals surface area contributed by atoms with Crippen molar-refractivity contribution in [1.29, 1.82) is 0 Å². The summed E-state index contributed by atoms with van der Waals surface area (Å²) in [7, 11) is 0. The average molecular weight is 248 g/mol. The molecule has 2 N–H and O–H groups in total. The number of aromatic nitrogens is 5. The minimum absolute atomic E-state index is 0.0638. The van der Waals surface area contributed by atoms with E-state index < -0.39 is 0 Å². The molecule has 1 aliphatic rings. The third kappa shape index (κ3) is 2.26. The van der Waals surface area contributed by atoms with Crippen LogP contribution in [0.15, 0.2) is 10.7 Å². The van der Waals surface area contributed by atoms with Crippen molar-refractivity contribution in [2.75, 3.05) is 0 Å². The van der Waals surface area contributed by atoms with Crippen LogP contribution in [-0.4, -0.2) is 25.1 Å². The predicted octanol–water partition coefficient (Wildman–Crippen LogP) is 0.997. The van der Waals surface area contributed by atoms with Crippen LogP contribution in [0.3, 0.4) is 0 Å². The third-order valence-corrected chi connectivity index (χ3v) is 3.09. The molecule has 0 aromatic carbocycles. The van der Waals surface area contributed by atoms with Gasteiger partial charge in [-0.15, -0.1) is 5.10 Å². The van der Waals surface area contributed by atoms with Gasteiger partial charge in [-0.3, -0.25) is 0 Å². The van der Waals surface area contributed by atoms with Crippen molar-refractivity contribution in [2.24, 2.45) is 5.73 Å². The molecule has 1 saturated carbocycles. The number of rotatable bonds is 5. The van der Waals surface area contributed by atoms with Crippen LogP contribution >= 0.6 is 0 Å². The molecule has 0 amide bonds. The smallest absolute Gasteiger partial charge is 0.229 e. The lowest BCUT2D eigenvalue weighted by molar-refractivity contribution is 0.372. The molecule has 0 radical (unpaired) electrons. The van der Waals surface area contributed by atoms with Crippen LogP contribution < -0.4 is 5.73 Å². The molecule has 0 spiro atoms. The first-order chi connectivity index (χ1) is 8.76. The Labute approximate surface area is 104 Å². The second kappa shape index (κ2) is 4.49. The fraction of sp³-hybridized carbons (Fsp3) is 0.636. The van der Waals surface area contributed by atoms with E-state index in [1.807, 2.05) is 13.1 Å². The van der Waals surface area contributed by atoms with E-state index in [0.29, 0.717) is 18.3 Å². The molecule has 96 valence electrons. The highest BCUT2D eigenvalue weighted by molar-refractivity contribution is 5.03. The molecule has 7 nitrogen and oxygen atoms in total. The van der Waals surface area contributed by atoms with Gasteiger partial charge in [-0.25, -0.2) is 4.68 Å². The van der Waals surface area contributed by atoms with Crippen LogP contribution in [0.4, 0.5) is 0 Å². The molecule has 1 fully saturated rings. The van der Waals surface area contributed by atoms with Gasteiger partial charge in [0.2, 0.25) is 5.89 Å². The summed E-state index contributed by atoms with van der Waals surface area (Å²) in [6.07, 6.45) is 4.98. The lowest BCUT2D eigenvalue weighted by Crippen LogP contribution is -2.08. The van der Waals surface area contributed by atoms with E-state index in [0.717, 1.165) is 30.8 Å². The minimum atomic E-state index is -0.0638. The van der Waals surface area contributed by atoms with Crippen molar-refractivity contribution in [3.8, 4) is 0 Å². The maximum atomic E-state index is 5.89. The zero-order valence-corrected chi connectivity index (χ0v) is 10.3. The van der Waals surface area contributed by atoms with Gasteiger partial charge in [-0.1, -0.05) is 17.3 Å². The topological polar surface area (TPSA) is 95.7 Å². The summed E-state index contributed by atoms with van der Waals surface area (Å²) in [6.45, 7) is 2.49. The second-order valence-electron chi connectivity index (χ2n) is 4.68. The molecule has 1 aliphatic carbocycles. The fourth-order valence-electron chi connectivity index (χ4n) is 1.74. The lowest BCUT2D eigenvalue weighted by Gasteiger charge is -2.01. The van der Waals surface area contributed by atoms with Crippen LogP contribution in [0.2, 0.25) is 0 Å². The lowest BCUT2D eigenvalue weighted by atomic mass is 10.2. The quantitative estimate of drug-likeness (QED) is 0.847. The Kier molecular flexibility index (Phi) is 2.83. The summed E-state index contributed by atoms with van der Waals surface area (Å²) in [5, 5.41) is 12.0. The first-order valence-corrected chi connectivity index (χ1v) is 6.24. The highest BCUT2D eigenvalue weighted by Crippen LogP contribution is 2.38. The van der Waals surface area contributed by atoms with E-state index in [2.05, 4.69) is 20.5 Å². The Balaban J connectivity index is 1.69. The van der Waals surface area contributed by atoms with Crippen molar-refractivity contribution in [1.82, 2.24) is 25.1 Å².